The van der Waals surface area contributed by atoms with Crippen LogP contribution < -0.4 is 10.6 Å². The molecule has 5 atom stereocenters. The first-order valence-corrected chi connectivity index (χ1v) is 17.8. The van der Waals surface area contributed by atoms with Gasteiger partial charge in [0, 0.05) is 56.8 Å². The van der Waals surface area contributed by atoms with Gasteiger partial charge >= 0.3 is 0 Å². The fraction of sp³-hybridized carbons (Fsp3) is 0.486. The van der Waals surface area contributed by atoms with E-state index in [1.807, 2.05) is 87.7 Å². The van der Waals surface area contributed by atoms with Gasteiger partial charge in [0.25, 0.3) is 0 Å². The lowest BCUT2D eigenvalue weighted by molar-refractivity contribution is -0.132. The molecule has 47 heavy (non-hydrogen) atoms. The van der Waals surface area contributed by atoms with E-state index in [1.54, 1.807) is 18.0 Å². The summed E-state index contributed by atoms with van der Waals surface area (Å²) in [6.45, 7) is 8.73. The summed E-state index contributed by atoms with van der Waals surface area (Å²) in [6, 6.07) is 20.7. The first kappa shape index (κ1) is 35.0. The predicted molar refractivity (Wildman–Crippen MR) is 186 cm³/mol. The molecule has 1 aliphatic carbocycles. The molecule has 1 saturated heterocycles. The van der Waals surface area contributed by atoms with Crippen LogP contribution in [0.25, 0.3) is 0 Å². The summed E-state index contributed by atoms with van der Waals surface area (Å²) < 4.78 is 0. The number of thioether (sulfide) groups is 1. The Balaban J connectivity index is 1.29. The number of amides is 2. The van der Waals surface area contributed by atoms with Gasteiger partial charge in [0.1, 0.15) is 11.1 Å². The van der Waals surface area contributed by atoms with Gasteiger partial charge in [0.15, 0.2) is 0 Å². The van der Waals surface area contributed by atoms with Gasteiger partial charge in [0.05, 0.1) is 18.2 Å². The van der Waals surface area contributed by atoms with E-state index in [0.29, 0.717) is 32.5 Å². The third-order valence-electron chi connectivity index (χ3n) is 9.01. The van der Waals surface area contributed by atoms with Crippen LogP contribution in [0.15, 0.2) is 78.0 Å². The Hall–Kier alpha value is -3.28. The van der Waals surface area contributed by atoms with Crippen molar-refractivity contribution in [1.29, 1.82) is 0 Å². The maximum atomic E-state index is 13.9. The molecule has 0 bridgehead atoms. The molecule has 1 aliphatic heterocycles. The molecule has 5 rings (SSSR count). The van der Waals surface area contributed by atoms with Crippen LogP contribution >= 0.6 is 11.8 Å². The molecule has 252 valence electrons. The lowest BCUT2D eigenvalue weighted by Gasteiger charge is -2.42. The van der Waals surface area contributed by atoms with Crippen LogP contribution in [0.3, 0.4) is 0 Å². The lowest BCUT2D eigenvalue weighted by atomic mass is 9.91. The SMILES string of the molecule is CSc1ncccc1CN1CCN(C[C@@H](O)C[C@@H](Cc2ccccc2)C(=O)N[C@H]2c3ccccc3C[C@H]2O)[C@H](C(=O)NC(C)(C)C)C1. The number of nitrogens with one attached hydrogen (secondary N) is 2. The van der Waals surface area contributed by atoms with Crippen LogP contribution in [-0.2, 0) is 29.0 Å². The summed E-state index contributed by atoms with van der Waals surface area (Å²) in [5.41, 5.74) is 3.71. The molecular weight excluding hydrogens is 611 g/mol. The van der Waals surface area contributed by atoms with Crippen LogP contribution in [0.2, 0.25) is 0 Å². The number of hydrogen-bond acceptors (Lipinski definition) is 8. The molecule has 2 aromatic carbocycles. The van der Waals surface area contributed by atoms with Gasteiger partial charge in [-0.1, -0.05) is 60.7 Å². The van der Waals surface area contributed by atoms with E-state index >= 15 is 0 Å². The first-order chi connectivity index (χ1) is 22.5. The van der Waals surface area contributed by atoms with E-state index in [0.717, 1.165) is 33.8 Å². The zero-order chi connectivity index (χ0) is 33.6. The maximum Gasteiger partial charge on any atom is 0.239 e. The minimum atomic E-state index is -0.840. The number of rotatable bonds is 12. The van der Waals surface area contributed by atoms with Crippen LogP contribution in [-0.4, -0.2) is 93.0 Å². The lowest BCUT2D eigenvalue weighted by Crippen LogP contribution is -2.62. The molecule has 10 heteroatoms. The predicted octanol–water partition coefficient (Wildman–Crippen LogP) is 3.59. The van der Waals surface area contributed by atoms with E-state index in [9.17, 15) is 19.8 Å². The van der Waals surface area contributed by atoms with E-state index < -0.39 is 35.7 Å². The zero-order valence-electron chi connectivity index (χ0n) is 27.9. The summed E-state index contributed by atoms with van der Waals surface area (Å²) >= 11 is 1.62. The van der Waals surface area contributed by atoms with Crippen molar-refractivity contribution < 1.29 is 19.8 Å². The smallest absolute Gasteiger partial charge is 0.239 e. The number of carbonyl (C=O) groups excluding carboxylic acids is 2. The van der Waals surface area contributed by atoms with Crippen molar-refractivity contribution in [3.63, 3.8) is 0 Å². The largest absolute Gasteiger partial charge is 0.392 e. The monoisotopic (exact) mass is 659 g/mol. The van der Waals surface area contributed by atoms with Gasteiger partial charge in [0.2, 0.25) is 11.8 Å². The topological polar surface area (TPSA) is 118 Å². The molecule has 9 nitrogen and oxygen atoms in total. The Morgan fingerprint density at radius 2 is 1.79 bits per heavy atom. The van der Waals surface area contributed by atoms with E-state index in [-0.39, 0.29) is 24.8 Å². The molecule has 2 aliphatic rings. The Morgan fingerprint density at radius 1 is 1.04 bits per heavy atom. The van der Waals surface area contributed by atoms with Crippen LogP contribution in [0.5, 0.6) is 0 Å². The van der Waals surface area contributed by atoms with Gasteiger partial charge in [-0.3, -0.25) is 19.4 Å². The van der Waals surface area contributed by atoms with Gasteiger partial charge in [-0.25, -0.2) is 4.98 Å². The van der Waals surface area contributed by atoms with Crippen molar-refractivity contribution in [2.24, 2.45) is 5.92 Å². The summed E-state index contributed by atoms with van der Waals surface area (Å²) in [4.78, 5) is 36.4. The molecule has 3 aromatic rings. The highest BCUT2D eigenvalue weighted by molar-refractivity contribution is 7.98. The van der Waals surface area contributed by atoms with Crippen molar-refractivity contribution in [3.05, 3.63) is 95.2 Å². The maximum absolute atomic E-state index is 13.9. The van der Waals surface area contributed by atoms with Crippen molar-refractivity contribution in [2.45, 2.75) is 81.4 Å². The average Bonchev–Trinajstić information content (AvgIpc) is 3.35. The van der Waals surface area contributed by atoms with Gasteiger partial charge in [-0.15, -0.1) is 11.8 Å². The normalized spacial score (nSPS) is 21.5. The molecule has 0 unspecified atom stereocenters. The Morgan fingerprint density at radius 3 is 2.53 bits per heavy atom. The molecule has 0 radical (unpaired) electrons. The minimum Gasteiger partial charge on any atom is -0.392 e. The van der Waals surface area contributed by atoms with E-state index in [4.69, 9.17) is 0 Å². The molecule has 0 saturated carbocycles. The number of β-amino-alcohol motifs (C(OH)–C–C–N with tert-alkyl or cyclic N) is 1. The second kappa shape index (κ2) is 15.7. The van der Waals surface area contributed by atoms with Crippen molar-refractivity contribution in [2.75, 3.05) is 32.4 Å². The molecule has 4 N–H and O–H groups in total. The van der Waals surface area contributed by atoms with E-state index in [2.05, 4.69) is 31.5 Å². The minimum absolute atomic E-state index is 0.0712. The first-order valence-electron chi connectivity index (χ1n) is 16.5. The second-order valence-corrected chi connectivity index (χ2v) is 14.7. The Bertz CT molecular complexity index is 1500. The van der Waals surface area contributed by atoms with Crippen molar-refractivity contribution >= 4 is 23.6 Å². The summed E-state index contributed by atoms with van der Waals surface area (Å²) in [7, 11) is 0. The molecule has 1 fully saturated rings. The summed E-state index contributed by atoms with van der Waals surface area (Å²) in [5, 5.41) is 29.6. The Kier molecular flexibility index (Phi) is 11.7. The fourth-order valence-corrected chi connectivity index (χ4v) is 7.35. The molecular formula is C37H49N5O4S. The Labute approximate surface area is 283 Å². The van der Waals surface area contributed by atoms with Crippen LogP contribution in [0, 0.1) is 5.92 Å². The van der Waals surface area contributed by atoms with Crippen molar-refractivity contribution in [1.82, 2.24) is 25.4 Å². The third kappa shape index (κ3) is 9.42. The third-order valence-corrected chi connectivity index (χ3v) is 9.77. The number of nitrogens with zero attached hydrogens (tertiary/aromatic N) is 3. The number of aliphatic hydroxyl groups excluding tert-OH is 2. The number of benzene rings is 2. The fourth-order valence-electron chi connectivity index (χ4n) is 6.78. The van der Waals surface area contributed by atoms with Crippen LogP contribution in [0.4, 0.5) is 0 Å². The van der Waals surface area contributed by atoms with Gasteiger partial charge in [-0.05, 0) is 68.2 Å². The summed E-state index contributed by atoms with van der Waals surface area (Å²) in [6.07, 6.45) is 3.46. The quantitative estimate of drug-likeness (QED) is 0.218. The number of carbonyl (C=O) groups is 2. The molecule has 2 amide bonds. The second-order valence-electron chi connectivity index (χ2n) is 13.9. The highest BCUT2D eigenvalue weighted by Gasteiger charge is 2.37. The number of piperazine rings is 1. The van der Waals surface area contributed by atoms with Crippen molar-refractivity contribution in [3.8, 4) is 0 Å². The molecule has 2 heterocycles. The highest BCUT2D eigenvalue weighted by atomic mass is 32.2. The number of aromatic nitrogens is 1. The highest BCUT2D eigenvalue weighted by Crippen LogP contribution is 2.32. The van der Waals surface area contributed by atoms with Gasteiger partial charge in [-0.2, -0.15) is 0 Å². The number of aliphatic hydroxyl groups is 2. The van der Waals surface area contributed by atoms with E-state index in [1.165, 1.54) is 0 Å². The average molecular weight is 660 g/mol. The summed E-state index contributed by atoms with van der Waals surface area (Å²) in [5.74, 6) is -0.786. The number of fused-ring (bicyclic) bond motifs is 1. The van der Waals surface area contributed by atoms with Crippen LogP contribution in [0.1, 0.15) is 55.5 Å². The van der Waals surface area contributed by atoms with Gasteiger partial charge < -0.3 is 20.8 Å². The molecule has 0 spiro atoms. The number of hydrogen-bond donors (Lipinski definition) is 4. The standard InChI is InChI=1S/C37H49N5O4S/c1-37(2,3)40-35(46)31-24-41(22-27-14-10-16-38-36(27)47-4)17-18-42(31)23-29(43)20-28(19-25-11-6-5-7-12-25)34(45)39-33-30-15-9-8-13-26(30)21-32(33)44/h5-16,28-29,31-33,43-44H,17-24H2,1-4H3,(H,39,45)(H,40,46)/t28-,29+,31+,32-,33+/m1/s1. The zero-order valence-corrected chi connectivity index (χ0v) is 28.7. The molecule has 1 aromatic heterocycles. The number of pyridine rings is 1.